The second kappa shape index (κ2) is 6.31. The van der Waals surface area contributed by atoms with Crippen LogP contribution < -0.4 is 5.32 Å². The molecule has 0 unspecified atom stereocenters. The predicted molar refractivity (Wildman–Crippen MR) is 97.3 cm³/mol. The molecule has 126 valence electrons. The van der Waals surface area contributed by atoms with Gasteiger partial charge in [-0.1, -0.05) is 69.7 Å². The number of carboxylic acid groups (broad SMARTS) is 1. The molecule has 24 heavy (non-hydrogen) atoms. The number of rotatable bonds is 4. The Morgan fingerprint density at radius 1 is 1.17 bits per heavy atom. The van der Waals surface area contributed by atoms with Crippen LogP contribution in [-0.2, 0) is 12.8 Å². The van der Waals surface area contributed by atoms with Crippen LogP contribution >= 0.6 is 0 Å². The van der Waals surface area contributed by atoms with Crippen molar-refractivity contribution in [2.45, 2.75) is 46.1 Å². The van der Waals surface area contributed by atoms with Gasteiger partial charge >= 0.3 is 6.09 Å². The van der Waals surface area contributed by atoms with E-state index in [0.717, 1.165) is 24.8 Å². The van der Waals surface area contributed by atoms with Gasteiger partial charge in [0.25, 0.3) is 0 Å². The molecule has 0 saturated heterocycles. The van der Waals surface area contributed by atoms with Gasteiger partial charge in [0.15, 0.2) is 0 Å². The summed E-state index contributed by atoms with van der Waals surface area (Å²) in [7, 11) is 0. The number of hydrogen-bond acceptors (Lipinski definition) is 1. The van der Waals surface area contributed by atoms with Gasteiger partial charge in [-0.15, -0.1) is 0 Å². The lowest BCUT2D eigenvalue weighted by molar-refractivity contribution is 0.175. The molecule has 0 spiro atoms. The lowest BCUT2D eigenvalue weighted by atomic mass is 9.85. The third-order valence-corrected chi connectivity index (χ3v) is 4.98. The van der Waals surface area contributed by atoms with Crippen LogP contribution in [0.4, 0.5) is 4.79 Å². The molecule has 0 bridgehead atoms. The maximum atomic E-state index is 11.1. The molecule has 1 aliphatic carbocycles. The van der Waals surface area contributed by atoms with Crippen molar-refractivity contribution in [3.05, 3.63) is 59.2 Å². The summed E-state index contributed by atoms with van der Waals surface area (Å²) in [5.74, 6) is 0. The quantitative estimate of drug-likeness (QED) is 0.812. The van der Waals surface area contributed by atoms with Crippen molar-refractivity contribution in [1.29, 1.82) is 0 Å². The van der Waals surface area contributed by atoms with Gasteiger partial charge in [0.2, 0.25) is 0 Å². The van der Waals surface area contributed by atoms with Gasteiger partial charge in [-0.2, -0.15) is 0 Å². The van der Waals surface area contributed by atoms with E-state index in [1.807, 2.05) is 0 Å². The van der Waals surface area contributed by atoms with Crippen molar-refractivity contribution in [3.63, 3.8) is 0 Å². The second-order valence-corrected chi connectivity index (χ2v) is 7.41. The standard InChI is InChI=1S/C21H25NO2/c1-4-5-14-6-8-15(9-7-14)16-10-11-18-17(12-16)13-21(2,3)19(18)22-20(23)24/h6-12,19,22H,4-5,13H2,1-3H3,(H,23,24)/t19-/m0/s1. The van der Waals surface area contributed by atoms with E-state index in [2.05, 4.69) is 68.6 Å². The normalized spacial score (nSPS) is 18.2. The Morgan fingerprint density at radius 2 is 1.83 bits per heavy atom. The van der Waals surface area contributed by atoms with Crippen LogP contribution in [-0.4, -0.2) is 11.2 Å². The van der Waals surface area contributed by atoms with E-state index in [4.69, 9.17) is 5.11 Å². The van der Waals surface area contributed by atoms with E-state index in [-0.39, 0.29) is 11.5 Å². The van der Waals surface area contributed by atoms with E-state index in [1.165, 1.54) is 22.3 Å². The van der Waals surface area contributed by atoms with Crippen molar-refractivity contribution < 1.29 is 9.90 Å². The summed E-state index contributed by atoms with van der Waals surface area (Å²) in [4.78, 5) is 11.1. The van der Waals surface area contributed by atoms with Gasteiger partial charge < -0.3 is 10.4 Å². The zero-order valence-corrected chi connectivity index (χ0v) is 14.6. The number of benzene rings is 2. The highest BCUT2D eigenvalue weighted by Crippen LogP contribution is 2.46. The summed E-state index contributed by atoms with van der Waals surface area (Å²) >= 11 is 0. The fraction of sp³-hybridized carbons (Fsp3) is 0.381. The first-order valence-corrected chi connectivity index (χ1v) is 8.62. The largest absolute Gasteiger partial charge is 0.465 e. The zero-order valence-electron chi connectivity index (χ0n) is 14.6. The van der Waals surface area contributed by atoms with Crippen molar-refractivity contribution in [3.8, 4) is 11.1 Å². The van der Waals surface area contributed by atoms with E-state index in [0.29, 0.717) is 0 Å². The fourth-order valence-corrected chi connectivity index (χ4v) is 3.78. The zero-order chi connectivity index (χ0) is 17.3. The van der Waals surface area contributed by atoms with Gasteiger partial charge in [-0.3, -0.25) is 0 Å². The molecule has 2 aromatic carbocycles. The minimum atomic E-state index is -0.962. The molecule has 0 aromatic heterocycles. The minimum Gasteiger partial charge on any atom is -0.465 e. The molecule has 1 aliphatic rings. The minimum absolute atomic E-state index is 0.107. The third-order valence-electron chi connectivity index (χ3n) is 4.98. The van der Waals surface area contributed by atoms with E-state index < -0.39 is 6.09 Å². The first-order chi connectivity index (χ1) is 11.4. The Bertz CT molecular complexity index is 747. The van der Waals surface area contributed by atoms with Crippen molar-refractivity contribution >= 4 is 6.09 Å². The molecule has 0 saturated carbocycles. The van der Waals surface area contributed by atoms with Gasteiger partial charge in [0.05, 0.1) is 6.04 Å². The van der Waals surface area contributed by atoms with E-state index >= 15 is 0 Å². The highest BCUT2D eigenvalue weighted by molar-refractivity contribution is 5.68. The maximum absolute atomic E-state index is 11.1. The molecule has 0 fully saturated rings. The Labute approximate surface area is 143 Å². The number of aryl methyl sites for hydroxylation is 1. The highest BCUT2D eigenvalue weighted by atomic mass is 16.4. The molecule has 3 heteroatoms. The van der Waals surface area contributed by atoms with Crippen LogP contribution in [0.25, 0.3) is 11.1 Å². The van der Waals surface area contributed by atoms with Crippen molar-refractivity contribution in [2.75, 3.05) is 0 Å². The monoisotopic (exact) mass is 323 g/mol. The number of amides is 1. The Morgan fingerprint density at radius 3 is 2.46 bits per heavy atom. The molecule has 2 aromatic rings. The summed E-state index contributed by atoms with van der Waals surface area (Å²) in [6.07, 6.45) is 2.19. The summed E-state index contributed by atoms with van der Waals surface area (Å²) < 4.78 is 0. The van der Waals surface area contributed by atoms with Gasteiger partial charge in [0, 0.05) is 0 Å². The Hall–Kier alpha value is -2.29. The highest BCUT2D eigenvalue weighted by Gasteiger charge is 2.39. The van der Waals surface area contributed by atoms with Crippen molar-refractivity contribution in [1.82, 2.24) is 5.32 Å². The SMILES string of the molecule is CCCc1ccc(-c2ccc3c(c2)CC(C)(C)[C@H]3NC(=O)O)cc1. The van der Waals surface area contributed by atoms with Gasteiger partial charge in [0.1, 0.15) is 0 Å². The average molecular weight is 323 g/mol. The second-order valence-electron chi connectivity index (χ2n) is 7.41. The molecule has 0 radical (unpaired) electrons. The molecule has 3 rings (SSSR count). The maximum Gasteiger partial charge on any atom is 0.405 e. The average Bonchev–Trinajstić information content (AvgIpc) is 2.77. The molecule has 2 N–H and O–H groups in total. The molecular formula is C21H25NO2. The number of nitrogens with one attached hydrogen (secondary N) is 1. The summed E-state index contributed by atoms with van der Waals surface area (Å²) in [5, 5.41) is 11.8. The van der Waals surface area contributed by atoms with Crippen LogP contribution in [0.15, 0.2) is 42.5 Å². The van der Waals surface area contributed by atoms with Crippen LogP contribution in [0, 0.1) is 5.41 Å². The molecule has 1 amide bonds. The Balaban J connectivity index is 1.91. The first-order valence-electron chi connectivity index (χ1n) is 8.62. The molecule has 0 heterocycles. The molecule has 3 nitrogen and oxygen atoms in total. The number of hydrogen-bond donors (Lipinski definition) is 2. The summed E-state index contributed by atoms with van der Waals surface area (Å²) in [6, 6.07) is 15.0. The van der Waals surface area contributed by atoms with Gasteiger partial charge in [-0.25, -0.2) is 4.79 Å². The predicted octanol–water partition coefficient (Wildman–Crippen LogP) is 5.20. The lowest BCUT2D eigenvalue weighted by Gasteiger charge is -2.27. The van der Waals surface area contributed by atoms with Gasteiger partial charge in [-0.05, 0) is 46.1 Å². The van der Waals surface area contributed by atoms with Crippen LogP contribution in [0.1, 0.15) is 49.9 Å². The number of carbonyl (C=O) groups is 1. The smallest absolute Gasteiger partial charge is 0.405 e. The number of fused-ring (bicyclic) bond motifs is 1. The van der Waals surface area contributed by atoms with Crippen molar-refractivity contribution in [2.24, 2.45) is 5.41 Å². The first kappa shape index (κ1) is 16.6. The van der Waals surface area contributed by atoms with E-state index in [9.17, 15) is 4.79 Å². The molecule has 0 aliphatic heterocycles. The van der Waals surface area contributed by atoms with E-state index in [1.54, 1.807) is 0 Å². The fourth-order valence-electron chi connectivity index (χ4n) is 3.78. The topological polar surface area (TPSA) is 49.3 Å². The lowest BCUT2D eigenvalue weighted by Crippen LogP contribution is -2.34. The molecular weight excluding hydrogens is 298 g/mol. The van der Waals surface area contributed by atoms with Crippen LogP contribution in [0.5, 0.6) is 0 Å². The molecule has 1 atom stereocenters. The van der Waals surface area contributed by atoms with Crippen LogP contribution in [0.2, 0.25) is 0 Å². The summed E-state index contributed by atoms with van der Waals surface area (Å²) in [6.45, 7) is 6.43. The van der Waals surface area contributed by atoms with Crippen LogP contribution in [0.3, 0.4) is 0 Å². The third kappa shape index (κ3) is 3.16. The Kier molecular flexibility index (Phi) is 4.35. The summed E-state index contributed by atoms with van der Waals surface area (Å²) in [5.41, 5.74) is 6.02.